The van der Waals surface area contributed by atoms with Gasteiger partial charge in [-0.05, 0) is 39.8 Å². The molecule has 3 nitrogen and oxygen atoms in total. The van der Waals surface area contributed by atoms with Gasteiger partial charge in [0.2, 0.25) is 0 Å². The van der Waals surface area contributed by atoms with E-state index in [9.17, 15) is 4.79 Å². The zero-order chi connectivity index (χ0) is 12.0. The Kier molecular flexibility index (Phi) is 2.69. The first kappa shape index (κ1) is 11.8. The summed E-state index contributed by atoms with van der Waals surface area (Å²) in [4.78, 5) is 12.3. The molecular formula is C12H16O3S. The monoisotopic (exact) mass is 240 g/mol. The number of aldehydes is 1. The van der Waals surface area contributed by atoms with Crippen LogP contribution in [0.4, 0.5) is 0 Å². The van der Waals surface area contributed by atoms with Crippen LogP contribution in [0.5, 0.6) is 0 Å². The number of carbonyl (C=O) groups is 1. The molecule has 1 aliphatic rings. The normalized spacial score (nSPS) is 23.5. The SMILES string of the molecule is CC1(C)OC(c2ccc(C=O)s2)OC1(C)C. The van der Waals surface area contributed by atoms with Crippen molar-refractivity contribution in [1.82, 2.24) is 0 Å². The summed E-state index contributed by atoms with van der Waals surface area (Å²) in [7, 11) is 0. The minimum atomic E-state index is -0.358. The number of hydrogen-bond acceptors (Lipinski definition) is 4. The Morgan fingerprint density at radius 3 is 2.19 bits per heavy atom. The lowest BCUT2D eigenvalue weighted by Gasteiger charge is -2.30. The van der Waals surface area contributed by atoms with Gasteiger partial charge < -0.3 is 9.47 Å². The van der Waals surface area contributed by atoms with E-state index in [0.29, 0.717) is 4.88 Å². The van der Waals surface area contributed by atoms with Crippen molar-refractivity contribution in [2.75, 3.05) is 0 Å². The number of hydrogen-bond donors (Lipinski definition) is 0. The van der Waals surface area contributed by atoms with Crippen LogP contribution in [0.1, 0.15) is 48.5 Å². The van der Waals surface area contributed by atoms with Crippen molar-refractivity contribution in [3.05, 3.63) is 21.9 Å². The predicted molar refractivity (Wildman–Crippen MR) is 62.8 cm³/mol. The zero-order valence-corrected chi connectivity index (χ0v) is 10.8. The van der Waals surface area contributed by atoms with E-state index >= 15 is 0 Å². The zero-order valence-electron chi connectivity index (χ0n) is 9.94. The third-order valence-corrected chi connectivity index (χ3v) is 4.28. The summed E-state index contributed by atoms with van der Waals surface area (Å²) in [5, 5.41) is 0. The fourth-order valence-electron chi connectivity index (χ4n) is 1.52. The van der Waals surface area contributed by atoms with E-state index in [-0.39, 0.29) is 17.5 Å². The second kappa shape index (κ2) is 3.65. The van der Waals surface area contributed by atoms with Crippen LogP contribution in [-0.2, 0) is 9.47 Å². The molecular weight excluding hydrogens is 224 g/mol. The smallest absolute Gasteiger partial charge is 0.194 e. The Balaban J connectivity index is 2.23. The second-order valence-corrected chi connectivity index (χ2v) is 6.09. The maximum absolute atomic E-state index is 10.6. The first-order valence-electron chi connectivity index (χ1n) is 5.26. The van der Waals surface area contributed by atoms with Gasteiger partial charge in [0, 0.05) is 0 Å². The summed E-state index contributed by atoms with van der Waals surface area (Å²) in [5.74, 6) is 0. The lowest BCUT2D eigenvalue weighted by atomic mass is 9.90. The molecule has 1 aromatic rings. The molecule has 0 unspecified atom stereocenters. The third-order valence-electron chi connectivity index (χ3n) is 3.25. The fourth-order valence-corrected chi connectivity index (χ4v) is 2.30. The van der Waals surface area contributed by atoms with Gasteiger partial charge in [-0.15, -0.1) is 11.3 Å². The maximum Gasteiger partial charge on any atom is 0.194 e. The number of rotatable bonds is 2. The molecule has 0 saturated carbocycles. The van der Waals surface area contributed by atoms with Gasteiger partial charge in [-0.3, -0.25) is 4.79 Å². The highest BCUT2D eigenvalue weighted by Gasteiger charge is 2.49. The van der Waals surface area contributed by atoms with Crippen molar-refractivity contribution in [2.24, 2.45) is 0 Å². The van der Waals surface area contributed by atoms with Crippen molar-refractivity contribution in [1.29, 1.82) is 0 Å². The molecule has 0 amide bonds. The van der Waals surface area contributed by atoms with Crippen molar-refractivity contribution in [2.45, 2.75) is 45.2 Å². The minimum Gasteiger partial charge on any atom is -0.339 e. The first-order chi connectivity index (χ1) is 7.36. The van der Waals surface area contributed by atoms with Crippen LogP contribution in [0, 0.1) is 0 Å². The van der Waals surface area contributed by atoms with Crippen LogP contribution >= 0.6 is 11.3 Å². The lowest BCUT2D eigenvalue weighted by molar-refractivity contribution is -0.0871. The molecule has 0 spiro atoms. The second-order valence-electron chi connectivity index (χ2n) is 4.95. The molecule has 2 rings (SSSR count). The Morgan fingerprint density at radius 2 is 1.75 bits per heavy atom. The molecule has 0 aliphatic carbocycles. The highest BCUT2D eigenvalue weighted by Crippen LogP contribution is 2.45. The molecule has 1 aromatic heterocycles. The number of ether oxygens (including phenoxy) is 2. The summed E-state index contributed by atoms with van der Waals surface area (Å²) in [5.41, 5.74) is -0.661. The highest BCUT2D eigenvalue weighted by atomic mass is 32.1. The van der Waals surface area contributed by atoms with Gasteiger partial charge in [0.05, 0.1) is 21.0 Å². The standard InChI is InChI=1S/C12H16O3S/c1-11(2)12(3,4)15-10(14-11)9-6-5-8(7-13)16-9/h5-7,10H,1-4H3. The van der Waals surface area contributed by atoms with Crippen LogP contribution in [-0.4, -0.2) is 17.5 Å². The maximum atomic E-state index is 10.6. The van der Waals surface area contributed by atoms with Gasteiger partial charge in [-0.2, -0.15) is 0 Å². The summed E-state index contributed by atoms with van der Waals surface area (Å²) in [6.45, 7) is 8.06. The summed E-state index contributed by atoms with van der Waals surface area (Å²) >= 11 is 1.41. The van der Waals surface area contributed by atoms with Gasteiger partial charge in [0.15, 0.2) is 12.6 Å². The van der Waals surface area contributed by atoms with Crippen LogP contribution in [0.25, 0.3) is 0 Å². The molecule has 0 aromatic carbocycles. The van der Waals surface area contributed by atoms with Crippen molar-refractivity contribution in [3.63, 3.8) is 0 Å². The number of thiophene rings is 1. The van der Waals surface area contributed by atoms with E-state index in [1.54, 1.807) is 6.07 Å². The first-order valence-corrected chi connectivity index (χ1v) is 6.08. The number of carbonyl (C=O) groups excluding carboxylic acids is 1. The van der Waals surface area contributed by atoms with E-state index in [1.165, 1.54) is 11.3 Å². The van der Waals surface area contributed by atoms with E-state index in [0.717, 1.165) is 11.2 Å². The van der Waals surface area contributed by atoms with E-state index in [4.69, 9.17) is 9.47 Å². The minimum absolute atomic E-state index is 0.330. The van der Waals surface area contributed by atoms with Gasteiger partial charge >= 0.3 is 0 Å². The van der Waals surface area contributed by atoms with Gasteiger partial charge in [0.25, 0.3) is 0 Å². The molecule has 1 aliphatic heterocycles. The molecule has 16 heavy (non-hydrogen) atoms. The Bertz CT molecular complexity index is 390. The molecule has 0 bridgehead atoms. The Morgan fingerprint density at radius 1 is 1.19 bits per heavy atom. The summed E-state index contributed by atoms with van der Waals surface area (Å²) in [6, 6.07) is 3.68. The quantitative estimate of drug-likeness (QED) is 0.745. The predicted octanol–water partition coefficient (Wildman–Crippen LogP) is 3.16. The lowest BCUT2D eigenvalue weighted by Crippen LogP contribution is -2.41. The average molecular weight is 240 g/mol. The average Bonchev–Trinajstić information content (AvgIpc) is 2.70. The molecule has 1 saturated heterocycles. The molecule has 0 N–H and O–H groups in total. The van der Waals surface area contributed by atoms with Crippen molar-refractivity contribution in [3.8, 4) is 0 Å². The molecule has 4 heteroatoms. The molecule has 0 radical (unpaired) electrons. The highest BCUT2D eigenvalue weighted by molar-refractivity contribution is 7.13. The fraction of sp³-hybridized carbons (Fsp3) is 0.583. The molecule has 1 fully saturated rings. The van der Waals surface area contributed by atoms with Crippen molar-refractivity contribution < 1.29 is 14.3 Å². The van der Waals surface area contributed by atoms with Gasteiger partial charge in [-0.25, -0.2) is 0 Å². The summed E-state index contributed by atoms with van der Waals surface area (Å²) in [6.07, 6.45) is 0.489. The summed E-state index contributed by atoms with van der Waals surface area (Å²) < 4.78 is 11.8. The largest absolute Gasteiger partial charge is 0.339 e. The van der Waals surface area contributed by atoms with Crippen LogP contribution in [0.3, 0.4) is 0 Å². The van der Waals surface area contributed by atoms with Gasteiger partial charge in [0.1, 0.15) is 0 Å². The Hall–Kier alpha value is -0.710. The molecule has 88 valence electrons. The third kappa shape index (κ3) is 1.81. The van der Waals surface area contributed by atoms with Crippen LogP contribution in [0.15, 0.2) is 12.1 Å². The van der Waals surface area contributed by atoms with Crippen molar-refractivity contribution >= 4 is 17.6 Å². The molecule has 2 heterocycles. The van der Waals surface area contributed by atoms with Crippen LogP contribution < -0.4 is 0 Å². The molecule has 0 atom stereocenters. The van der Waals surface area contributed by atoms with E-state index in [1.807, 2.05) is 33.8 Å². The van der Waals surface area contributed by atoms with E-state index in [2.05, 4.69) is 0 Å². The van der Waals surface area contributed by atoms with Gasteiger partial charge in [-0.1, -0.05) is 0 Å². The Labute approximate surface area is 99.4 Å². The van der Waals surface area contributed by atoms with E-state index < -0.39 is 0 Å². The topological polar surface area (TPSA) is 35.5 Å². The van der Waals surface area contributed by atoms with Crippen LogP contribution in [0.2, 0.25) is 0 Å².